The molecule has 1 fully saturated rings. The predicted molar refractivity (Wildman–Crippen MR) is 84.3 cm³/mol. The molecule has 1 aliphatic carbocycles. The molecule has 1 aromatic rings. The Morgan fingerprint density at radius 2 is 2.00 bits per heavy atom. The van der Waals surface area contributed by atoms with Gasteiger partial charge in [-0.3, -0.25) is 4.79 Å². The zero-order valence-corrected chi connectivity index (χ0v) is 13.1. The minimum absolute atomic E-state index is 0.121. The third-order valence-corrected chi connectivity index (χ3v) is 4.49. The largest absolute Gasteiger partial charge is 0.369 e. The highest BCUT2D eigenvalue weighted by Gasteiger charge is 2.32. The molecular formula is C16H26N4O. The number of aromatic nitrogens is 2. The normalized spacial score (nSPS) is 16.7. The zero-order valence-electron chi connectivity index (χ0n) is 13.1. The van der Waals surface area contributed by atoms with Crippen molar-refractivity contribution in [3.05, 3.63) is 17.8 Å². The molecule has 116 valence electrons. The van der Waals surface area contributed by atoms with Crippen molar-refractivity contribution in [3.63, 3.8) is 0 Å². The van der Waals surface area contributed by atoms with E-state index in [1.165, 1.54) is 25.7 Å². The monoisotopic (exact) mass is 290 g/mol. The van der Waals surface area contributed by atoms with E-state index < -0.39 is 0 Å². The maximum Gasteiger partial charge on any atom is 0.271 e. The fraction of sp³-hybridized carbons (Fsp3) is 0.688. The van der Waals surface area contributed by atoms with Crippen molar-refractivity contribution in [2.75, 3.05) is 18.4 Å². The molecule has 1 amide bonds. The van der Waals surface area contributed by atoms with Crippen molar-refractivity contribution in [2.45, 2.75) is 52.4 Å². The second-order valence-electron chi connectivity index (χ2n) is 5.97. The van der Waals surface area contributed by atoms with Crippen LogP contribution < -0.4 is 10.6 Å². The van der Waals surface area contributed by atoms with E-state index in [0.29, 0.717) is 16.9 Å². The van der Waals surface area contributed by atoms with Gasteiger partial charge in [0.2, 0.25) is 0 Å². The van der Waals surface area contributed by atoms with Crippen LogP contribution in [0.4, 0.5) is 5.82 Å². The smallest absolute Gasteiger partial charge is 0.271 e. The number of hydrogen-bond acceptors (Lipinski definition) is 4. The molecule has 0 aromatic carbocycles. The van der Waals surface area contributed by atoms with Gasteiger partial charge in [-0.05, 0) is 43.2 Å². The average molecular weight is 290 g/mol. The lowest BCUT2D eigenvalue weighted by Crippen LogP contribution is -2.36. The van der Waals surface area contributed by atoms with Crippen molar-refractivity contribution in [1.29, 1.82) is 0 Å². The first-order chi connectivity index (χ1) is 10.2. The first-order valence-electron chi connectivity index (χ1n) is 8.05. The van der Waals surface area contributed by atoms with Crippen LogP contribution in [-0.4, -0.2) is 29.2 Å². The zero-order chi connectivity index (χ0) is 15.1. The van der Waals surface area contributed by atoms with Crippen LogP contribution in [0, 0.1) is 5.41 Å². The fourth-order valence-corrected chi connectivity index (χ4v) is 2.94. The summed E-state index contributed by atoms with van der Waals surface area (Å²) in [6, 6.07) is 3.54. The summed E-state index contributed by atoms with van der Waals surface area (Å²) < 4.78 is 0. The Hall–Kier alpha value is -1.65. The summed E-state index contributed by atoms with van der Waals surface area (Å²) in [7, 11) is 0. The molecule has 0 atom stereocenters. The van der Waals surface area contributed by atoms with Gasteiger partial charge in [0.1, 0.15) is 5.82 Å². The molecule has 0 unspecified atom stereocenters. The van der Waals surface area contributed by atoms with Crippen LogP contribution in [0.1, 0.15) is 62.9 Å². The third-order valence-electron chi connectivity index (χ3n) is 4.49. The molecule has 1 aliphatic rings. The molecule has 0 aliphatic heterocycles. The number of nitrogens with zero attached hydrogens (tertiary/aromatic N) is 2. The van der Waals surface area contributed by atoms with Gasteiger partial charge in [-0.15, -0.1) is 10.2 Å². The molecule has 5 heteroatoms. The summed E-state index contributed by atoms with van der Waals surface area (Å²) in [6.07, 6.45) is 7.15. The number of nitrogens with one attached hydrogen (secondary N) is 2. The van der Waals surface area contributed by atoms with Gasteiger partial charge in [-0.25, -0.2) is 0 Å². The van der Waals surface area contributed by atoms with Crippen LogP contribution in [0.25, 0.3) is 0 Å². The highest BCUT2D eigenvalue weighted by Crippen LogP contribution is 2.40. The molecule has 2 rings (SSSR count). The van der Waals surface area contributed by atoms with Gasteiger partial charge in [0.25, 0.3) is 5.91 Å². The van der Waals surface area contributed by atoms with Crippen molar-refractivity contribution < 1.29 is 4.79 Å². The van der Waals surface area contributed by atoms with Crippen molar-refractivity contribution in [1.82, 2.24) is 15.5 Å². The highest BCUT2D eigenvalue weighted by molar-refractivity contribution is 5.92. The quantitative estimate of drug-likeness (QED) is 0.810. The standard InChI is InChI=1S/C16H26N4O/c1-3-11-17-14-8-7-13(19-20-14)15(21)18-12-16(4-2)9-5-6-10-16/h7-8H,3-6,9-12H2,1-2H3,(H,17,20)(H,18,21). The predicted octanol–water partition coefficient (Wildman–Crippen LogP) is 3.00. The SMILES string of the molecule is CCCNc1ccc(C(=O)NCC2(CC)CCCC2)nn1. The molecule has 0 saturated heterocycles. The van der Waals surface area contributed by atoms with Gasteiger partial charge in [0.05, 0.1) is 0 Å². The molecule has 2 N–H and O–H groups in total. The topological polar surface area (TPSA) is 66.9 Å². The van der Waals surface area contributed by atoms with Crippen LogP contribution in [0.3, 0.4) is 0 Å². The number of amides is 1. The Labute approximate surface area is 126 Å². The Kier molecular flexibility index (Phi) is 5.53. The highest BCUT2D eigenvalue weighted by atomic mass is 16.1. The van der Waals surface area contributed by atoms with Crippen molar-refractivity contribution >= 4 is 11.7 Å². The van der Waals surface area contributed by atoms with E-state index in [1.54, 1.807) is 6.07 Å². The van der Waals surface area contributed by atoms with E-state index in [0.717, 1.165) is 25.9 Å². The number of carbonyl (C=O) groups is 1. The molecule has 0 bridgehead atoms. The number of carbonyl (C=O) groups excluding carboxylic acids is 1. The maximum atomic E-state index is 12.2. The lowest BCUT2D eigenvalue weighted by molar-refractivity contribution is 0.0923. The van der Waals surface area contributed by atoms with Gasteiger partial charge < -0.3 is 10.6 Å². The summed E-state index contributed by atoms with van der Waals surface area (Å²) in [6.45, 7) is 5.92. The van der Waals surface area contributed by atoms with Crippen LogP contribution in [-0.2, 0) is 0 Å². The van der Waals surface area contributed by atoms with Crippen LogP contribution in [0.15, 0.2) is 12.1 Å². The Morgan fingerprint density at radius 1 is 1.24 bits per heavy atom. The molecule has 1 aromatic heterocycles. The summed E-state index contributed by atoms with van der Waals surface area (Å²) in [5.74, 6) is 0.596. The Morgan fingerprint density at radius 3 is 2.57 bits per heavy atom. The number of hydrogen-bond donors (Lipinski definition) is 2. The van der Waals surface area contributed by atoms with Crippen LogP contribution >= 0.6 is 0 Å². The van der Waals surface area contributed by atoms with Gasteiger partial charge >= 0.3 is 0 Å². The molecular weight excluding hydrogens is 264 g/mol. The fourth-order valence-electron chi connectivity index (χ4n) is 2.94. The van der Waals surface area contributed by atoms with E-state index in [2.05, 4.69) is 34.7 Å². The molecule has 21 heavy (non-hydrogen) atoms. The van der Waals surface area contributed by atoms with Gasteiger partial charge in [-0.1, -0.05) is 26.7 Å². The van der Waals surface area contributed by atoms with Crippen LogP contribution in [0.5, 0.6) is 0 Å². The van der Waals surface area contributed by atoms with E-state index in [1.807, 2.05) is 6.07 Å². The van der Waals surface area contributed by atoms with E-state index >= 15 is 0 Å². The minimum Gasteiger partial charge on any atom is -0.369 e. The first-order valence-corrected chi connectivity index (χ1v) is 8.05. The lowest BCUT2D eigenvalue weighted by Gasteiger charge is -2.27. The van der Waals surface area contributed by atoms with Gasteiger partial charge in [0, 0.05) is 13.1 Å². The van der Waals surface area contributed by atoms with Crippen LogP contribution in [0.2, 0.25) is 0 Å². The molecule has 0 spiro atoms. The first kappa shape index (κ1) is 15.7. The lowest BCUT2D eigenvalue weighted by atomic mass is 9.83. The number of anilines is 1. The summed E-state index contributed by atoms with van der Waals surface area (Å²) >= 11 is 0. The average Bonchev–Trinajstić information content (AvgIpc) is 3.00. The van der Waals surface area contributed by atoms with Crippen molar-refractivity contribution in [2.24, 2.45) is 5.41 Å². The molecule has 0 radical (unpaired) electrons. The summed E-state index contributed by atoms with van der Waals surface area (Å²) in [5, 5.41) is 14.2. The third kappa shape index (κ3) is 4.16. The summed E-state index contributed by atoms with van der Waals surface area (Å²) in [5.41, 5.74) is 0.687. The molecule has 1 saturated carbocycles. The van der Waals surface area contributed by atoms with E-state index in [9.17, 15) is 4.79 Å². The Bertz CT molecular complexity index is 452. The maximum absolute atomic E-state index is 12.2. The van der Waals surface area contributed by atoms with Gasteiger partial charge in [0.15, 0.2) is 5.69 Å². The van der Waals surface area contributed by atoms with Gasteiger partial charge in [-0.2, -0.15) is 0 Å². The second kappa shape index (κ2) is 7.38. The number of rotatable bonds is 7. The van der Waals surface area contributed by atoms with Crippen molar-refractivity contribution in [3.8, 4) is 0 Å². The minimum atomic E-state index is -0.121. The summed E-state index contributed by atoms with van der Waals surface area (Å²) in [4.78, 5) is 12.2. The molecule has 5 nitrogen and oxygen atoms in total. The Balaban J connectivity index is 1.88. The second-order valence-corrected chi connectivity index (χ2v) is 5.97. The van der Waals surface area contributed by atoms with E-state index in [-0.39, 0.29) is 5.91 Å². The molecule has 1 heterocycles. The van der Waals surface area contributed by atoms with E-state index in [4.69, 9.17) is 0 Å².